The molecule has 0 aliphatic heterocycles. The van der Waals surface area contributed by atoms with Crippen molar-refractivity contribution in [2.24, 2.45) is 5.73 Å². The van der Waals surface area contributed by atoms with Crippen LogP contribution in [-0.4, -0.2) is 21.1 Å². The molecule has 2 rings (SSSR count). The number of phenolic OH excluding ortho intramolecular Hbond substituents is 2. The molecule has 0 radical (unpaired) electrons. The molecular weight excluding hydrogens is 356 g/mol. The monoisotopic (exact) mass is 366 g/mol. The molecule has 0 saturated carbocycles. The lowest BCUT2D eigenvalue weighted by molar-refractivity contribution is 0.102. The lowest BCUT2D eigenvalue weighted by Crippen LogP contribution is -2.13. The third kappa shape index (κ3) is 3.50. The molecule has 0 unspecified atom stereocenters. The number of carbonyl (C=O) groups excluding carboxylic acids is 1. The quantitative estimate of drug-likeness (QED) is 0.494. The van der Waals surface area contributed by atoms with Crippen LogP contribution in [-0.2, 0) is 0 Å². The number of hydrogen-bond acceptors (Lipinski definition) is 4. The van der Waals surface area contributed by atoms with Crippen molar-refractivity contribution in [2.45, 2.75) is 0 Å². The minimum atomic E-state index is -0.422. The predicted octanol–water partition coefficient (Wildman–Crippen LogP) is 2.75. The smallest absolute Gasteiger partial charge is 0.255 e. The highest BCUT2D eigenvalue weighted by molar-refractivity contribution is 9.10. The third-order valence-electron chi connectivity index (χ3n) is 2.74. The number of halogens is 1. The standard InChI is InChI=1S/C14H11BrN2O3S/c15-9-5-7(13(16)21)1-3-10(9)17-14(20)8-2-4-11(18)12(19)6-8/h1-6,18-19H,(H2,16,21)(H,17,20). The van der Waals surface area contributed by atoms with Crippen LogP contribution in [0, 0.1) is 0 Å². The van der Waals surface area contributed by atoms with Crippen molar-refractivity contribution in [3.8, 4) is 11.5 Å². The van der Waals surface area contributed by atoms with Gasteiger partial charge in [0.25, 0.3) is 5.91 Å². The van der Waals surface area contributed by atoms with Crippen molar-refractivity contribution in [3.05, 3.63) is 52.0 Å². The minimum absolute atomic E-state index is 0.218. The van der Waals surface area contributed by atoms with Crippen molar-refractivity contribution >= 4 is 44.7 Å². The summed E-state index contributed by atoms with van der Waals surface area (Å²) < 4.78 is 0.629. The molecule has 0 aliphatic rings. The van der Waals surface area contributed by atoms with Gasteiger partial charge in [-0.2, -0.15) is 0 Å². The van der Waals surface area contributed by atoms with Crippen LogP contribution in [0.25, 0.3) is 0 Å². The summed E-state index contributed by atoms with van der Waals surface area (Å²) >= 11 is 8.20. The molecule has 0 saturated heterocycles. The molecule has 0 bridgehead atoms. The fourth-order valence-corrected chi connectivity index (χ4v) is 2.23. The zero-order valence-electron chi connectivity index (χ0n) is 10.6. The van der Waals surface area contributed by atoms with E-state index in [1.54, 1.807) is 18.2 Å². The molecule has 2 aromatic rings. The van der Waals surface area contributed by atoms with Crippen molar-refractivity contribution in [2.75, 3.05) is 5.32 Å². The van der Waals surface area contributed by atoms with Gasteiger partial charge in [-0.05, 0) is 52.3 Å². The molecule has 1 amide bonds. The van der Waals surface area contributed by atoms with E-state index in [0.717, 1.165) is 0 Å². The van der Waals surface area contributed by atoms with Crippen LogP contribution in [0.4, 0.5) is 5.69 Å². The number of hydrogen-bond donors (Lipinski definition) is 4. The zero-order chi connectivity index (χ0) is 15.6. The van der Waals surface area contributed by atoms with Gasteiger partial charge in [0.1, 0.15) is 4.99 Å². The molecule has 5 N–H and O–H groups in total. The maximum absolute atomic E-state index is 12.1. The van der Waals surface area contributed by atoms with Crippen LogP contribution in [0.5, 0.6) is 11.5 Å². The number of nitrogens with two attached hydrogens (primary N) is 1. The Hall–Kier alpha value is -2.12. The topological polar surface area (TPSA) is 95.6 Å². The van der Waals surface area contributed by atoms with Gasteiger partial charge in [0, 0.05) is 15.6 Å². The summed E-state index contributed by atoms with van der Waals surface area (Å²) in [5.74, 6) is -1.06. The molecule has 5 nitrogen and oxygen atoms in total. The molecule has 0 fully saturated rings. The lowest BCUT2D eigenvalue weighted by Gasteiger charge is -2.09. The van der Waals surface area contributed by atoms with Crippen molar-refractivity contribution < 1.29 is 15.0 Å². The van der Waals surface area contributed by atoms with Crippen LogP contribution >= 0.6 is 28.1 Å². The first-order valence-corrected chi connectivity index (χ1v) is 7.01. The molecule has 0 atom stereocenters. The minimum Gasteiger partial charge on any atom is -0.504 e. The van der Waals surface area contributed by atoms with E-state index < -0.39 is 5.91 Å². The highest BCUT2D eigenvalue weighted by atomic mass is 79.9. The van der Waals surface area contributed by atoms with E-state index in [4.69, 9.17) is 18.0 Å². The Kier molecular flexibility index (Phi) is 4.44. The number of carbonyl (C=O) groups is 1. The Bertz CT molecular complexity index is 734. The number of thiocarbonyl (C=S) groups is 1. The third-order valence-corrected chi connectivity index (χ3v) is 3.63. The van der Waals surface area contributed by atoms with Crippen molar-refractivity contribution in [1.29, 1.82) is 0 Å². The number of rotatable bonds is 3. The van der Waals surface area contributed by atoms with E-state index in [2.05, 4.69) is 21.2 Å². The van der Waals surface area contributed by atoms with Gasteiger partial charge in [0.2, 0.25) is 0 Å². The van der Waals surface area contributed by atoms with Crippen LogP contribution in [0.15, 0.2) is 40.9 Å². The number of amides is 1. The summed E-state index contributed by atoms with van der Waals surface area (Å²) in [5, 5.41) is 21.3. The second-order valence-corrected chi connectivity index (χ2v) is 5.51. The highest BCUT2D eigenvalue weighted by Gasteiger charge is 2.11. The second kappa shape index (κ2) is 6.11. The molecule has 0 heterocycles. The van der Waals surface area contributed by atoms with Crippen molar-refractivity contribution in [3.63, 3.8) is 0 Å². The Morgan fingerprint density at radius 1 is 1.10 bits per heavy atom. The van der Waals surface area contributed by atoms with Crippen LogP contribution in [0.1, 0.15) is 15.9 Å². The summed E-state index contributed by atoms with van der Waals surface area (Å²) in [6.07, 6.45) is 0. The van der Waals surface area contributed by atoms with E-state index >= 15 is 0 Å². The Labute approximate surface area is 134 Å². The molecule has 21 heavy (non-hydrogen) atoms. The molecule has 0 spiro atoms. The average Bonchev–Trinajstić information content (AvgIpc) is 2.43. The second-order valence-electron chi connectivity index (χ2n) is 4.22. The van der Waals surface area contributed by atoms with Gasteiger partial charge in [-0.15, -0.1) is 0 Å². The maximum Gasteiger partial charge on any atom is 0.255 e. The molecule has 7 heteroatoms. The summed E-state index contributed by atoms with van der Waals surface area (Å²) in [5.41, 5.74) is 6.96. The first-order valence-electron chi connectivity index (χ1n) is 5.81. The number of benzene rings is 2. The van der Waals surface area contributed by atoms with Crippen LogP contribution in [0.2, 0.25) is 0 Å². The van der Waals surface area contributed by atoms with E-state index in [-0.39, 0.29) is 22.1 Å². The molecule has 108 valence electrons. The molecular formula is C14H11BrN2O3S. The maximum atomic E-state index is 12.1. The van der Waals surface area contributed by atoms with E-state index in [9.17, 15) is 15.0 Å². The van der Waals surface area contributed by atoms with Gasteiger partial charge in [-0.1, -0.05) is 12.2 Å². The fourth-order valence-electron chi connectivity index (χ4n) is 1.63. The van der Waals surface area contributed by atoms with Gasteiger partial charge in [0.15, 0.2) is 11.5 Å². The van der Waals surface area contributed by atoms with E-state index in [1.165, 1.54) is 18.2 Å². The molecule has 0 aliphatic carbocycles. The van der Waals surface area contributed by atoms with Gasteiger partial charge in [-0.3, -0.25) is 4.79 Å². The number of aromatic hydroxyl groups is 2. The first-order chi connectivity index (χ1) is 9.88. The number of phenols is 2. The van der Waals surface area contributed by atoms with Crippen LogP contribution < -0.4 is 11.1 Å². The Morgan fingerprint density at radius 3 is 2.33 bits per heavy atom. The van der Waals surface area contributed by atoms with Gasteiger partial charge < -0.3 is 21.3 Å². The summed E-state index contributed by atoms with van der Waals surface area (Å²) in [4.78, 5) is 12.3. The first kappa shape index (κ1) is 15.3. The zero-order valence-corrected chi connectivity index (χ0v) is 13.0. The Balaban J connectivity index is 2.23. The highest BCUT2D eigenvalue weighted by Crippen LogP contribution is 2.27. The normalized spacial score (nSPS) is 10.1. The largest absolute Gasteiger partial charge is 0.504 e. The van der Waals surface area contributed by atoms with E-state index in [0.29, 0.717) is 15.7 Å². The molecule has 2 aromatic carbocycles. The van der Waals surface area contributed by atoms with Gasteiger partial charge >= 0.3 is 0 Å². The summed E-state index contributed by atoms with van der Waals surface area (Å²) in [7, 11) is 0. The van der Waals surface area contributed by atoms with Gasteiger partial charge in [0.05, 0.1) is 5.69 Å². The average molecular weight is 367 g/mol. The van der Waals surface area contributed by atoms with Crippen molar-refractivity contribution in [1.82, 2.24) is 0 Å². The molecule has 0 aromatic heterocycles. The van der Waals surface area contributed by atoms with E-state index in [1.807, 2.05) is 0 Å². The van der Waals surface area contributed by atoms with Gasteiger partial charge in [-0.25, -0.2) is 0 Å². The fraction of sp³-hybridized carbons (Fsp3) is 0. The van der Waals surface area contributed by atoms with Crippen LogP contribution in [0.3, 0.4) is 0 Å². The number of anilines is 1. The Morgan fingerprint density at radius 2 is 1.76 bits per heavy atom. The SMILES string of the molecule is NC(=S)c1ccc(NC(=O)c2ccc(O)c(O)c2)c(Br)c1. The lowest BCUT2D eigenvalue weighted by atomic mass is 10.1. The summed E-state index contributed by atoms with van der Waals surface area (Å²) in [6.45, 7) is 0. The predicted molar refractivity (Wildman–Crippen MR) is 87.8 cm³/mol. The number of nitrogens with one attached hydrogen (secondary N) is 1. The summed E-state index contributed by atoms with van der Waals surface area (Å²) in [6, 6.07) is 8.89.